The number of ether oxygens (including phenoxy) is 3. The number of aromatic nitrogens is 4. The molecule has 222 valence electrons. The number of rotatable bonds is 9. The van der Waals surface area contributed by atoms with Crippen LogP contribution in [0.2, 0.25) is 25.7 Å². The van der Waals surface area contributed by atoms with Gasteiger partial charge in [-0.1, -0.05) is 19.6 Å². The average Bonchev–Trinajstić information content (AvgIpc) is 3.29. The highest BCUT2D eigenvalue weighted by Crippen LogP contribution is 2.38. The monoisotopic (exact) mass is 582 g/mol. The SMILES string of the molecule is COC(=O)C1(NC(=O)OC(C)(C)C)CCN(c2ccnc3c2c(-c2cncnc2)cn3COCC[Si](C)(C)C)CC1. The molecule has 0 atom stereocenters. The molecule has 0 bridgehead atoms. The number of carbonyl (C=O) groups excluding carboxylic acids is 2. The molecule has 3 aromatic rings. The van der Waals surface area contributed by atoms with Crippen molar-refractivity contribution in [2.24, 2.45) is 0 Å². The van der Waals surface area contributed by atoms with Crippen LogP contribution in [0.25, 0.3) is 22.2 Å². The summed E-state index contributed by atoms with van der Waals surface area (Å²) in [5, 5.41) is 3.78. The second kappa shape index (κ2) is 12.2. The number of piperidine rings is 1. The number of hydrogen-bond acceptors (Lipinski definition) is 9. The first-order chi connectivity index (χ1) is 19.3. The minimum absolute atomic E-state index is 0.354. The second-order valence-corrected chi connectivity index (χ2v) is 18.3. The van der Waals surface area contributed by atoms with Gasteiger partial charge < -0.3 is 29.0 Å². The summed E-state index contributed by atoms with van der Waals surface area (Å²) in [5.41, 5.74) is 1.74. The van der Waals surface area contributed by atoms with Crippen molar-refractivity contribution in [1.82, 2.24) is 24.8 Å². The predicted molar refractivity (Wildman–Crippen MR) is 160 cm³/mol. The van der Waals surface area contributed by atoms with Crippen molar-refractivity contribution in [3.05, 3.63) is 37.2 Å². The normalized spacial score (nSPS) is 15.5. The van der Waals surface area contributed by atoms with Gasteiger partial charge in [-0.05, 0) is 45.7 Å². The molecule has 41 heavy (non-hydrogen) atoms. The molecule has 0 spiro atoms. The van der Waals surface area contributed by atoms with Crippen LogP contribution in [-0.2, 0) is 25.7 Å². The van der Waals surface area contributed by atoms with Crippen LogP contribution < -0.4 is 10.2 Å². The van der Waals surface area contributed by atoms with Crippen molar-refractivity contribution >= 4 is 36.9 Å². The van der Waals surface area contributed by atoms with Crippen LogP contribution >= 0.6 is 0 Å². The highest BCUT2D eigenvalue weighted by Gasteiger charge is 2.45. The first kappa shape index (κ1) is 30.4. The Bertz CT molecular complexity index is 1360. The van der Waals surface area contributed by atoms with Gasteiger partial charge in [0, 0.05) is 69.4 Å². The van der Waals surface area contributed by atoms with Crippen molar-refractivity contribution in [2.45, 2.75) is 77.2 Å². The Kier molecular flexibility index (Phi) is 9.03. The molecule has 4 rings (SSSR count). The van der Waals surface area contributed by atoms with Gasteiger partial charge in [0.2, 0.25) is 0 Å². The van der Waals surface area contributed by atoms with E-state index in [2.05, 4.69) is 39.8 Å². The van der Waals surface area contributed by atoms with Crippen LogP contribution in [0.1, 0.15) is 33.6 Å². The highest BCUT2D eigenvalue weighted by molar-refractivity contribution is 6.76. The standard InChI is InChI=1S/C29H42N6O5Si/c1-28(2,3)40-27(37)33-29(26(36)38-4)9-12-34(13-10-29)23-8-11-32-25-24(23)22(21-16-30-19-31-17-21)18-35(25)20-39-14-15-41(5,6)7/h8,11,16-19H,9-10,12-15,20H2,1-7H3,(H,33,37). The number of fused-ring (bicyclic) bond motifs is 1. The van der Waals surface area contributed by atoms with Gasteiger partial charge in [-0.3, -0.25) is 0 Å². The summed E-state index contributed by atoms with van der Waals surface area (Å²) in [6.45, 7) is 14.5. The molecule has 1 saturated heterocycles. The van der Waals surface area contributed by atoms with E-state index in [-0.39, 0.29) is 0 Å². The maximum Gasteiger partial charge on any atom is 0.408 e. The zero-order chi connectivity index (χ0) is 29.8. The Morgan fingerprint density at radius 3 is 2.41 bits per heavy atom. The molecule has 1 fully saturated rings. The van der Waals surface area contributed by atoms with Gasteiger partial charge >= 0.3 is 12.1 Å². The predicted octanol–water partition coefficient (Wildman–Crippen LogP) is 4.84. The van der Waals surface area contributed by atoms with E-state index in [9.17, 15) is 9.59 Å². The summed E-state index contributed by atoms with van der Waals surface area (Å²) in [7, 11) is 0.122. The minimum atomic E-state index is -1.21. The van der Waals surface area contributed by atoms with Crippen molar-refractivity contribution in [3.63, 3.8) is 0 Å². The molecule has 0 aromatic carbocycles. The molecule has 0 saturated carbocycles. The molecule has 3 aromatic heterocycles. The lowest BCUT2D eigenvalue weighted by molar-refractivity contribution is -0.149. The lowest BCUT2D eigenvalue weighted by Gasteiger charge is -2.41. The molecular formula is C29H42N6O5Si. The van der Waals surface area contributed by atoms with Crippen molar-refractivity contribution in [2.75, 3.05) is 31.7 Å². The number of anilines is 1. The average molecular weight is 583 g/mol. The number of amides is 1. The van der Waals surface area contributed by atoms with Gasteiger partial charge in [0.25, 0.3) is 0 Å². The third-order valence-electron chi connectivity index (χ3n) is 7.11. The quantitative estimate of drug-likeness (QED) is 0.215. The summed E-state index contributed by atoms with van der Waals surface area (Å²) in [6, 6.07) is 3.07. The lowest BCUT2D eigenvalue weighted by Crippen LogP contribution is -2.61. The van der Waals surface area contributed by atoms with E-state index in [0.717, 1.165) is 33.9 Å². The number of hydrogen-bond donors (Lipinski definition) is 1. The van der Waals surface area contributed by atoms with Gasteiger partial charge in [-0.2, -0.15) is 0 Å². The molecule has 1 aliphatic heterocycles. The van der Waals surface area contributed by atoms with Crippen molar-refractivity contribution in [3.8, 4) is 11.1 Å². The first-order valence-corrected chi connectivity index (χ1v) is 17.7. The van der Waals surface area contributed by atoms with E-state index in [1.165, 1.54) is 13.4 Å². The summed E-state index contributed by atoms with van der Waals surface area (Å²) in [4.78, 5) is 41.0. The fourth-order valence-corrected chi connectivity index (χ4v) is 5.72. The zero-order valence-corrected chi connectivity index (χ0v) is 26.2. The van der Waals surface area contributed by atoms with E-state index < -0.39 is 31.3 Å². The third-order valence-corrected chi connectivity index (χ3v) is 8.81. The maximum atomic E-state index is 12.9. The van der Waals surface area contributed by atoms with Gasteiger partial charge in [0.15, 0.2) is 0 Å². The maximum absolute atomic E-state index is 12.9. The Morgan fingerprint density at radius 2 is 1.80 bits per heavy atom. The molecule has 1 N–H and O–H groups in total. The third kappa shape index (κ3) is 7.42. The fraction of sp³-hybridized carbons (Fsp3) is 0.552. The number of pyridine rings is 1. The van der Waals surface area contributed by atoms with Crippen LogP contribution in [0.3, 0.4) is 0 Å². The van der Waals surface area contributed by atoms with Gasteiger partial charge in [0.1, 0.15) is 29.8 Å². The summed E-state index contributed by atoms with van der Waals surface area (Å²) >= 11 is 0. The van der Waals surface area contributed by atoms with E-state index >= 15 is 0 Å². The van der Waals surface area contributed by atoms with Crippen LogP contribution in [0.4, 0.5) is 10.5 Å². The molecule has 0 aliphatic carbocycles. The smallest absolute Gasteiger partial charge is 0.408 e. The summed E-state index contributed by atoms with van der Waals surface area (Å²) < 4.78 is 18.7. The number of esters is 1. The Morgan fingerprint density at radius 1 is 1.12 bits per heavy atom. The Hall–Kier alpha value is -3.51. The van der Waals surface area contributed by atoms with E-state index in [1.54, 1.807) is 39.4 Å². The van der Waals surface area contributed by atoms with Crippen molar-refractivity contribution < 1.29 is 23.8 Å². The van der Waals surface area contributed by atoms with Gasteiger partial charge in [-0.15, -0.1) is 0 Å². The lowest BCUT2D eigenvalue weighted by atomic mass is 9.87. The molecule has 1 amide bonds. The fourth-order valence-electron chi connectivity index (χ4n) is 4.96. The number of nitrogens with zero attached hydrogens (tertiary/aromatic N) is 5. The number of methoxy groups -OCH3 is 1. The zero-order valence-electron chi connectivity index (χ0n) is 25.2. The van der Waals surface area contributed by atoms with E-state index in [4.69, 9.17) is 19.2 Å². The minimum Gasteiger partial charge on any atom is -0.467 e. The molecule has 0 unspecified atom stereocenters. The van der Waals surface area contributed by atoms with Gasteiger partial charge in [-0.25, -0.2) is 24.5 Å². The molecular weight excluding hydrogens is 540 g/mol. The Balaban J connectivity index is 1.63. The highest BCUT2D eigenvalue weighted by atomic mass is 28.3. The molecule has 0 radical (unpaired) electrons. The number of nitrogens with one attached hydrogen (secondary N) is 1. The van der Waals surface area contributed by atoms with Crippen LogP contribution in [0.5, 0.6) is 0 Å². The first-order valence-electron chi connectivity index (χ1n) is 14.0. The molecule has 1 aliphatic rings. The Labute approximate surface area is 242 Å². The molecule has 12 heteroatoms. The van der Waals surface area contributed by atoms with Crippen LogP contribution in [0.15, 0.2) is 37.2 Å². The summed E-state index contributed by atoms with van der Waals surface area (Å²) in [6.07, 6.45) is 9.00. The molecule has 11 nitrogen and oxygen atoms in total. The van der Waals surface area contributed by atoms with E-state index in [0.29, 0.717) is 39.3 Å². The molecule has 4 heterocycles. The van der Waals surface area contributed by atoms with Crippen molar-refractivity contribution in [1.29, 1.82) is 0 Å². The topological polar surface area (TPSA) is 121 Å². The number of alkyl carbamates (subject to hydrolysis) is 1. The van der Waals surface area contributed by atoms with E-state index in [1.807, 2.05) is 16.8 Å². The van der Waals surface area contributed by atoms with Crippen LogP contribution in [0, 0.1) is 0 Å². The largest absolute Gasteiger partial charge is 0.467 e. The summed E-state index contributed by atoms with van der Waals surface area (Å²) in [5.74, 6) is -0.480. The second-order valence-electron chi connectivity index (χ2n) is 12.7. The number of carbonyl (C=O) groups is 2. The van der Waals surface area contributed by atoms with Gasteiger partial charge in [0.05, 0.1) is 12.5 Å². The van der Waals surface area contributed by atoms with Crippen LogP contribution in [-0.4, -0.2) is 77.6 Å².